The van der Waals surface area contributed by atoms with Gasteiger partial charge in [0.15, 0.2) is 11.6 Å². The number of methoxy groups -OCH3 is 1. The Morgan fingerprint density at radius 2 is 1.96 bits per heavy atom. The number of rotatable bonds is 7. The van der Waals surface area contributed by atoms with E-state index in [0.29, 0.717) is 17.1 Å². The maximum atomic E-state index is 12.7. The van der Waals surface area contributed by atoms with E-state index in [1.807, 2.05) is 13.8 Å². The van der Waals surface area contributed by atoms with E-state index in [9.17, 15) is 9.59 Å². The third kappa shape index (κ3) is 4.20. The number of benzene rings is 1. The van der Waals surface area contributed by atoms with Crippen molar-refractivity contribution in [3.63, 3.8) is 0 Å². The molecule has 0 aliphatic carbocycles. The van der Waals surface area contributed by atoms with Crippen molar-refractivity contribution < 1.29 is 14.3 Å². The van der Waals surface area contributed by atoms with Crippen LogP contribution >= 0.6 is 0 Å². The Balaban J connectivity index is 1.70. The monoisotopic (exact) mass is 368 g/mol. The van der Waals surface area contributed by atoms with Crippen LogP contribution in [-0.4, -0.2) is 43.3 Å². The first-order valence-corrected chi connectivity index (χ1v) is 8.39. The zero-order valence-corrected chi connectivity index (χ0v) is 15.3. The summed E-state index contributed by atoms with van der Waals surface area (Å²) in [6.07, 6.45) is 4.72. The van der Waals surface area contributed by atoms with Gasteiger partial charge in [-0.1, -0.05) is 5.21 Å². The Labute approximate surface area is 156 Å². The Kier molecular flexibility index (Phi) is 5.30. The van der Waals surface area contributed by atoms with E-state index < -0.39 is 0 Å². The lowest BCUT2D eigenvalue weighted by atomic mass is 10.1. The normalized spacial score (nSPS) is 10.8. The maximum Gasteiger partial charge on any atom is 0.245 e. The predicted octanol–water partition coefficient (Wildman–Crippen LogP) is 1.93. The van der Waals surface area contributed by atoms with Crippen LogP contribution in [-0.2, 0) is 11.3 Å². The molecule has 0 radical (unpaired) electrons. The highest BCUT2D eigenvalue weighted by Gasteiger charge is 2.17. The van der Waals surface area contributed by atoms with Gasteiger partial charge in [0.25, 0.3) is 0 Å². The van der Waals surface area contributed by atoms with Crippen LogP contribution in [0.4, 0.5) is 5.82 Å². The van der Waals surface area contributed by atoms with Crippen LogP contribution in [0.2, 0.25) is 0 Å². The molecule has 0 fully saturated rings. The predicted molar refractivity (Wildman–Crippen MR) is 97.7 cm³/mol. The molecule has 2 aromatic heterocycles. The second-order valence-corrected chi connectivity index (χ2v) is 6.16. The van der Waals surface area contributed by atoms with E-state index in [2.05, 4.69) is 20.6 Å². The van der Waals surface area contributed by atoms with Crippen LogP contribution in [0.25, 0.3) is 0 Å². The molecule has 0 saturated heterocycles. The molecule has 0 spiro atoms. The van der Waals surface area contributed by atoms with Crippen molar-refractivity contribution in [2.45, 2.75) is 26.4 Å². The lowest BCUT2D eigenvalue weighted by Crippen LogP contribution is -2.21. The second kappa shape index (κ2) is 7.81. The summed E-state index contributed by atoms with van der Waals surface area (Å²) in [5.41, 5.74) is 0.462. The summed E-state index contributed by atoms with van der Waals surface area (Å²) in [7, 11) is 1.56. The third-order valence-electron chi connectivity index (χ3n) is 3.89. The lowest BCUT2D eigenvalue weighted by Gasteiger charge is -2.07. The van der Waals surface area contributed by atoms with Gasteiger partial charge in [0, 0.05) is 24.0 Å². The van der Waals surface area contributed by atoms with Gasteiger partial charge in [0.2, 0.25) is 11.7 Å². The first kappa shape index (κ1) is 18.3. The maximum absolute atomic E-state index is 12.7. The second-order valence-electron chi connectivity index (χ2n) is 6.16. The molecule has 1 amide bonds. The minimum absolute atomic E-state index is 0.0637. The van der Waals surface area contributed by atoms with E-state index in [4.69, 9.17) is 4.74 Å². The molecular formula is C18H20N6O3. The van der Waals surface area contributed by atoms with Gasteiger partial charge >= 0.3 is 0 Å². The summed E-state index contributed by atoms with van der Waals surface area (Å²) in [4.78, 5) is 29.0. The fraction of sp³-hybridized carbons (Fsp3) is 0.278. The van der Waals surface area contributed by atoms with E-state index in [-0.39, 0.29) is 30.1 Å². The van der Waals surface area contributed by atoms with Crippen molar-refractivity contribution in [2.75, 3.05) is 12.4 Å². The average Bonchev–Trinajstić information content (AvgIpc) is 3.31. The summed E-state index contributed by atoms with van der Waals surface area (Å²) in [5.74, 6) is 0.593. The van der Waals surface area contributed by atoms with Gasteiger partial charge < -0.3 is 14.6 Å². The van der Waals surface area contributed by atoms with E-state index in [0.717, 1.165) is 0 Å². The van der Waals surface area contributed by atoms with Gasteiger partial charge in [-0.25, -0.2) is 9.67 Å². The van der Waals surface area contributed by atoms with Crippen molar-refractivity contribution in [2.24, 2.45) is 0 Å². The molecule has 0 bridgehead atoms. The zero-order valence-electron chi connectivity index (χ0n) is 15.3. The van der Waals surface area contributed by atoms with Crippen LogP contribution < -0.4 is 10.1 Å². The number of hydrogen-bond donors (Lipinski definition) is 1. The molecule has 0 aliphatic heterocycles. The number of carbonyl (C=O) groups is 2. The highest BCUT2D eigenvalue weighted by Crippen LogP contribution is 2.15. The molecule has 0 atom stereocenters. The number of imidazole rings is 1. The van der Waals surface area contributed by atoms with Gasteiger partial charge in [-0.15, -0.1) is 5.10 Å². The van der Waals surface area contributed by atoms with Gasteiger partial charge in [-0.3, -0.25) is 9.59 Å². The van der Waals surface area contributed by atoms with E-state index >= 15 is 0 Å². The Hall–Kier alpha value is -3.49. The van der Waals surface area contributed by atoms with Crippen LogP contribution in [0.3, 0.4) is 0 Å². The fourth-order valence-corrected chi connectivity index (χ4v) is 2.44. The summed E-state index contributed by atoms with van der Waals surface area (Å²) >= 11 is 0. The molecule has 0 unspecified atom stereocenters. The summed E-state index contributed by atoms with van der Waals surface area (Å²) < 4.78 is 8.23. The van der Waals surface area contributed by atoms with Crippen LogP contribution in [0.1, 0.15) is 36.1 Å². The third-order valence-corrected chi connectivity index (χ3v) is 3.89. The standard InChI is InChI=1S/C18H20N6O3/c1-12(2)24-10-15(21-22-24)20-16(25)11-23-9-8-19-18(23)17(26)13-4-6-14(27-3)7-5-13/h4-10,12H,11H2,1-3H3,(H,20,25). The number of nitrogens with zero attached hydrogens (tertiary/aromatic N) is 5. The number of ether oxygens (including phenoxy) is 1. The molecule has 0 saturated carbocycles. The SMILES string of the molecule is COc1ccc(C(=O)c2nccn2CC(=O)Nc2cn(C(C)C)nn2)cc1. The average molecular weight is 368 g/mol. The highest BCUT2D eigenvalue weighted by atomic mass is 16.5. The highest BCUT2D eigenvalue weighted by molar-refractivity contribution is 6.07. The molecule has 9 heteroatoms. The van der Waals surface area contributed by atoms with E-state index in [1.165, 1.54) is 10.8 Å². The van der Waals surface area contributed by atoms with Crippen molar-refractivity contribution in [3.05, 3.63) is 54.2 Å². The van der Waals surface area contributed by atoms with E-state index in [1.54, 1.807) is 48.5 Å². The Morgan fingerprint density at radius 1 is 1.22 bits per heavy atom. The molecule has 140 valence electrons. The van der Waals surface area contributed by atoms with Gasteiger partial charge in [0.1, 0.15) is 12.3 Å². The van der Waals surface area contributed by atoms with Crippen LogP contribution in [0.5, 0.6) is 5.75 Å². The number of carbonyl (C=O) groups excluding carboxylic acids is 2. The number of anilines is 1. The number of nitrogens with one attached hydrogen (secondary N) is 1. The molecule has 1 N–H and O–H groups in total. The molecule has 3 rings (SSSR count). The molecular weight excluding hydrogens is 348 g/mol. The molecule has 2 heterocycles. The first-order valence-electron chi connectivity index (χ1n) is 8.39. The minimum atomic E-state index is -0.326. The van der Waals surface area contributed by atoms with Gasteiger partial charge in [-0.05, 0) is 38.1 Å². The number of amides is 1. The number of aromatic nitrogens is 5. The smallest absolute Gasteiger partial charge is 0.245 e. The van der Waals surface area contributed by atoms with Gasteiger partial charge in [0.05, 0.1) is 13.3 Å². The van der Waals surface area contributed by atoms with Crippen LogP contribution in [0, 0.1) is 0 Å². The molecule has 0 aliphatic rings. The minimum Gasteiger partial charge on any atom is -0.497 e. The largest absolute Gasteiger partial charge is 0.497 e. The molecule has 27 heavy (non-hydrogen) atoms. The number of hydrogen-bond acceptors (Lipinski definition) is 6. The fourth-order valence-electron chi connectivity index (χ4n) is 2.44. The lowest BCUT2D eigenvalue weighted by molar-refractivity contribution is -0.116. The Morgan fingerprint density at radius 3 is 2.59 bits per heavy atom. The molecule has 3 aromatic rings. The first-order chi connectivity index (χ1) is 13.0. The molecule has 9 nitrogen and oxygen atoms in total. The van der Waals surface area contributed by atoms with Crippen molar-refractivity contribution >= 4 is 17.5 Å². The molecule has 1 aromatic carbocycles. The zero-order chi connectivity index (χ0) is 19.4. The quantitative estimate of drug-likeness (QED) is 0.639. The topological polar surface area (TPSA) is 104 Å². The summed E-state index contributed by atoms with van der Waals surface area (Å²) in [6.45, 7) is 3.86. The summed E-state index contributed by atoms with van der Waals surface area (Å²) in [6, 6.07) is 6.86. The summed E-state index contributed by atoms with van der Waals surface area (Å²) in [5, 5.41) is 10.5. The van der Waals surface area contributed by atoms with Crippen molar-refractivity contribution in [3.8, 4) is 5.75 Å². The van der Waals surface area contributed by atoms with Crippen molar-refractivity contribution in [1.29, 1.82) is 0 Å². The number of ketones is 1. The Bertz CT molecular complexity index is 942. The van der Waals surface area contributed by atoms with Crippen molar-refractivity contribution in [1.82, 2.24) is 24.5 Å². The van der Waals surface area contributed by atoms with Gasteiger partial charge in [-0.2, -0.15) is 0 Å². The van der Waals surface area contributed by atoms with Crippen LogP contribution in [0.15, 0.2) is 42.9 Å².